The van der Waals surface area contributed by atoms with Crippen LogP contribution in [0, 0.1) is 14.9 Å². The molecule has 2 aliphatic carbocycles. The molecule has 90 valence electrons. The molecule has 0 N–H and O–H groups in total. The van der Waals surface area contributed by atoms with Gasteiger partial charge in [0, 0.05) is 0 Å². The normalized spacial score (nSPS) is 15.5. The van der Waals surface area contributed by atoms with Gasteiger partial charge < -0.3 is 14.9 Å². The van der Waals surface area contributed by atoms with E-state index in [0.717, 1.165) is 0 Å². The summed E-state index contributed by atoms with van der Waals surface area (Å²) in [5.41, 5.74) is 7.80. The van der Waals surface area contributed by atoms with Crippen LogP contribution in [0.2, 0.25) is 0 Å². The van der Waals surface area contributed by atoms with E-state index in [4.69, 9.17) is 0 Å². The molecule has 0 aromatic heterocycles. The van der Waals surface area contributed by atoms with Crippen molar-refractivity contribution in [1.29, 1.82) is 0 Å². The second-order valence-corrected chi connectivity index (χ2v) is 4.69. The van der Waals surface area contributed by atoms with Gasteiger partial charge in [-0.25, -0.2) is 0 Å². The molecule has 17 heavy (non-hydrogen) atoms. The number of benzene rings is 1. The molecule has 0 aliphatic heterocycles. The van der Waals surface area contributed by atoms with Crippen LogP contribution in [0.3, 0.4) is 0 Å². The molecule has 1 aromatic carbocycles. The minimum Gasteiger partial charge on any atom is -0.358 e. The predicted octanol–water partition coefficient (Wildman–Crippen LogP) is 4.42. The first-order chi connectivity index (χ1) is 6.83. The summed E-state index contributed by atoms with van der Waals surface area (Å²) >= 11 is 0. The van der Waals surface area contributed by atoms with Crippen LogP contribution >= 0.6 is 0 Å². The van der Waals surface area contributed by atoms with E-state index >= 15 is 0 Å². The Morgan fingerprint density at radius 2 is 1.47 bits per heavy atom. The van der Waals surface area contributed by atoms with E-state index in [-0.39, 0.29) is 36.6 Å². The van der Waals surface area contributed by atoms with Gasteiger partial charge in [-0.05, 0) is 61.3 Å². The molecule has 0 amide bonds. The van der Waals surface area contributed by atoms with Crippen molar-refractivity contribution in [3.05, 3.63) is 54.8 Å². The Kier molecular flexibility index (Phi) is 6.44. The fourth-order valence-corrected chi connectivity index (χ4v) is 2.76. The maximum Gasteiger partial charge on any atom is 2.00 e. The van der Waals surface area contributed by atoms with E-state index in [2.05, 4.69) is 25.1 Å². The topological polar surface area (TPSA) is 0 Å². The van der Waals surface area contributed by atoms with Crippen molar-refractivity contribution in [2.75, 3.05) is 0 Å². The van der Waals surface area contributed by atoms with E-state index < -0.39 is 0 Å². The second kappa shape index (κ2) is 6.56. The molecule has 1 aromatic rings. The van der Waals surface area contributed by atoms with E-state index in [9.17, 15) is 0 Å². The SMILES string of the molecule is CC1=Cc2cc3c(cc2C1)CCCC3.[CH3-].[CH3-].[Ti+2]. The van der Waals surface area contributed by atoms with E-state index in [1.807, 2.05) is 0 Å². The first-order valence-electron chi connectivity index (χ1n) is 5.65. The molecule has 2 aliphatic rings. The quantitative estimate of drug-likeness (QED) is 0.479. The maximum atomic E-state index is 2.46. The van der Waals surface area contributed by atoms with Crippen molar-refractivity contribution in [3.8, 4) is 0 Å². The Morgan fingerprint density at radius 1 is 0.882 bits per heavy atom. The van der Waals surface area contributed by atoms with E-state index in [0.29, 0.717) is 0 Å². The zero-order valence-corrected chi connectivity index (χ0v) is 12.8. The standard InChI is InChI=1S/C14H16.2CH3.Ti/c1-10-6-13-8-11-4-2-3-5-12(11)9-14(13)7-10;;;/h6,8-9H,2-5,7H2,1H3;2*1H3;/q;2*-1;+2. The minimum absolute atomic E-state index is 0. The molecule has 0 heterocycles. The molecule has 0 saturated heterocycles. The van der Waals surface area contributed by atoms with Crippen molar-refractivity contribution in [2.45, 2.75) is 39.0 Å². The summed E-state index contributed by atoms with van der Waals surface area (Å²) in [5, 5.41) is 0. The van der Waals surface area contributed by atoms with Crippen LogP contribution < -0.4 is 0 Å². The van der Waals surface area contributed by atoms with Gasteiger partial charge in [-0.15, -0.1) is 0 Å². The van der Waals surface area contributed by atoms with Crippen LogP contribution in [0.1, 0.15) is 42.0 Å². The first-order valence-corrected chi connectivity index (χ1v) is 5.65. The van der Waals surface area contributed by atoms with E-state index in [1.165, 1.54) is 43.2 Å². The number of hydrogen-bond acceptors (Lipinski definition) is 0. The smallest absolute Gasteiger partial charge is 0.358 e. The molecule has 0 bridgehead atoms. The Labute approximate surface area is 121 Å². The molecule has 0 fully saturated rings. The van der Waals surface area contributed by atoms with E-state index in [1.54, 1.807) is 16.7 Å². The van der Waals surface area contributed by atoms with Crippen LogP contribution in [0.4, 0.5) is 0 Å². The van der Waals surface area contributed by atoms with Crippen molar-refractivity contribution >= 4 is 6.08 Å². The molecule has 0 saturated carbocycles. The summed E-state index contributed by atoms with van der Waals surface area (Å²) in [7, 11) is 0. The molecule has 0 atom stereocenters. The summed E-state index contributed by atoms with van der Waals surface area (Å²) in [6.07, 6.45) is 8.91. The van der Waals surface area contributed by atoms with Crippen LogP contribution in [-0.4, -0.2) is 0 Å². The largest absolute Gasteiger partial charge is 2.00 e. The number of aryl methyl sites for hydroxylation is 2. The fraction of sp³-hybridized carbons (Fsp3) is 0.375. The van der Waals surface area contributed by atoms with Gasteiger partial charge in [-0.2, -0.15) is 0 Å². The van der Waals surface area contributed by atoms with Gasteiger partial charge in [0.25, 0.3) is 0 Å². The molecule has 0 spiro atoms. The molecule has 0 nitrogen and oxygen atoms in total. The monoisotopic (exact) mass is 262 g/mol. The van der Waals surface area contributed by atoms with Crippen LogP contribution in [0.5, 0.6) is 0 Å². The summed E-state index contributed by atoms with van der Waals surface area (Å²) in [4.78, 5) is 0. The minimum atomic E-state index is 0. The molecule has 3 rings (SSSR count). The third kappa shape index (κ3) is 3.11. The molecule has 0 radical (unpaired) electrons. The number of fused-ring (bicyclic) bond motifs is 2. The van der Waals surface area contributed by atoms with Crippen molar-refractivity contribution in [2.24, 2.45) is 0 Å². The third-order valence-corrected chi connectivity index (χ3v) is 3.47. The predicted molar refractivity (Wildman–Crippen MR) is 73.3 cm³/mol. The molecule has 1 heteroatoms. The van der Waals surface area contributed by atoms with Gasteiger partial charge in [0.15, 0.2) is 0 Å². The van der Waals surface area contributed by atoms with Crippen molar-refractivity contribution < 1.29 is 21.7 Å². The first kappa shape index (κ1) is 16.7. The van der Waals surface area contributed by atoms with Gasteiger partial charge in [0.05, 0.1) is 0 Å². The number of hydrogen-bond donors (Lipinski definition) is 0. The Balaban J connectivity index is 0.000000853. The molecular formula is C16H22Ti. The Bertz CT molecular complexity index is 416. The van der Waals surface area contributed by atoms with Gasteiger partial charge in [0.2, 0.25) is 0 Å². The third-order valence-electron chi connectivity index (χ3n) is 3.47. The maximum absolute atomic E-state index is 2.46. The fourth-order valence-electron chi connectivity index (χ4n) is 2.76. The zero-order valence-electron chi connectivity index (χ0n) is 11.3. The average Bonchev–Trinajstić information content (AvgIpc) is 2.53. The van der Waals surface area contributed by atoms with Gasteiger partial charge in [0.1, 0.15) is 0 Å². The average molecular weight is 262 g/mol. The van der Waals surface area contributed by atoms with Crippen LogP contribution in [0.25, 0.3) is 6.08 Å². The van der Waals surface area contributed by atoms with Crippen molar-refractivity contribution in [3.63, 3.8) is 0 Å². The summed E-state index contributed by atoms with van der Waals surface area (Å²) in [5.74, 6) is 0. The Hall–Kier alpha value is -0.326. The summed E-state index contributed by atoms with van der Waals surface area (Å²) in [6.45, 7) is 2.24. The van der Waals surface area contributed by atoms with Gasteiger partial charge in [-0.1, -0.05) is 23.8 Å². The van der Waals surface area contributed by atoms with Crippen molar-refractivity contribution in [1.82, 2.24) is 0 Å². The van der Waals surface area contributed by atoms with Gasteiger partial charge in [-0.3, -0.25) is 0 Å². The summed E-state index contributed by atoms with van der Waals surface area (Å²) in [6, 6.07) is 4.89. The molecular weight excluding hydrogens is 240 g/mol. The summed E-state index contributed by atoms with van der Waals surface area (Å²) < 4.78 is 0. The number of allylic oxidation sites excluding steroid dienone is 1. The van der Waals surface area contributed by atoms with Gasteiger partial charge >= 0.3 is 21.7 Å². The Morgan fingerprint density at radius 3 is 2.12 bits per heavy atom. The molecule has 0 unspecified atom stereocenters. The zero-order chi connectivity index (χ0) is 9.54. The second-order valence-electron chi connectivity index (χ2n) is 4.69. The van der Waals surface area contributed by atoms with Crippen LogP contribution in [0.15, 0.2) is 17.7 Å². The number of rotatable bonds is 0. The van der Waals surface area contributed by atoms with Crippen LogP contribution in [-0.2, 0) is 41.0 Å².